The summed E-state index contributed by atoms with van der Waals surface area (Å²) >= 11 is 0. The fourth-order valence-electron chi connectivity index (χ4n) is 3.94. The van der Waals surface area contributed by atoms with Gasteiger partial charge in [0.1, 0.15) is 12.1 Å². The van der Waals surface area contributed by atoms with Crippen molar-refractivity contribution >= 4 is 27.0 Å². The molecule has 1 atom stereocenters. The lowest BCUT2D eigenvalue weighted by Gasteiger charge is -2.36. The van der Waals surface area contributed by atoms with Crippen molar-refractivity contribution in [1.82, 2.24) is 24.2 Å². The summed E-state index contributed by atoms with van der Waals surface area (Å²) in [6, 6.07) is 14.6. The van der Waals surface area contributed by atoms with Crippen LogP contribution in [0.3, 0.4) is 0 Å². The molecule has 0 N–H and O–H groups in total. The van der Waals surface area contributed by atoms with Gasteiger partial charge in [-0.1, -0.05) is 29.5 Å². The Hall–Kier alpha value is -3.18. The Kier molecular flexibility index (Phi) is 5.43. The van der Waals surface area contributed by atoms with Gasteiger partial charge in [-0.3, -0.25) is 4.79 Å². The summed E-state index contributed by atoms with van der Waals surface area (Å²) in [5.74, 6) is 0.891. The molecule has 2 aliphatic rings. The molecule has 1 amide bonds. The highest BCUT2D eigenvalue weighted by Gasteiger charge is 2.34. The molecule has 0 aliphatic carbocycles. The molecule has 0 radical (unpaired) electrons. The third kappa shape index (κ3) is 4.00. The van der Waals surface area contributed by atoms with Crippen LogP contribution >= 0.6 is 0 Å². The van der Waals surface area contributed by atoms with Crippen LogP contribution in [0.15, 0.2) is 48.5 Å². The third-order valence-electron chi connectivity index (χ3n) is 5.71. The molecule has 2 aromatic carbocycles. The first kappa shape index (κ1) is 20.7. The zero-order chi connectivity index (χ0) is 22.1. The number of rotatable bonds is 5. The number of carbonyl (C=O) groups is 1. The smallest absolute Gasteiger partial charge is 0.267 e. The van der Waals surface area contributed by atoms with E-state index in [4.69, 9.17) is 9.47 Å². The number of sulfonamides is 1. The van der Waals surface area contributed by atoms with Gasteiger partial charge in [-0.05, 0) is 24.3 Å². The van der Waals surface area contributed by atoms with E-state index in [1.165, 1.54) is 4.31 Å². The van der Waals surface area contributed by atoms with Crippen LogP contribution in [0.2, 0.25) is 0 Å². The van der Waals surface area contributed by atoms with Gasteiger partial charge in [0, 0.05) is 26.2 Å². The fraction of sp³-hybridized carbons (Fsp3) is 0.381. The van der Waals surface area contributed by atoms with Crippen LogP contribution < -0.4 is 9.47 Å². The SMILES string of the molecule is O=C(C1COc2ccccc2O1)N1CCN(S(=O)(=O)CCn2nnc3ccccc32)CC1. The second-order valence-corrected chi connectivity index (χ2v) is 9.79. The first-order valence-electron chi connectivity index (χ1n) is 10.4. The molecule has 1 unspecified atom stereocenters. The van der Waals surface area contributed by atoms with E-state index in [2.05, 4.69) is 10.3 Å². The van der Waals surface area contributed by atoms with E-state index < -0.39 is 16.1 Å². The standard InChI is InChI=1S/C21H23N5O5S/c27-21(20-15-30-18-7-3-4-8-19(18)31-20)24-9-11-25(12-10-24)32(28,29)14-13-26-17-6-2-1-5-16(17)22-23-26/h1-8,20H,9-15H2. The monoisotopic (exact) mass is 457 g/mol. The maximum atomic E-state index is 12.9. The van der Waals surface area contributed by atoms with Gasteiger partial charge >= 0.3 is 0 Å². The largest absolute Gasteiger partial charge is 0.485 e. The van der Waals surface area contributed by atoms with Crippen LogP contribution in [-0.4, -0.2) is 83.2 Å². The van der Waals surface area contributed by atoms with Crippen molar-refractivity contribution in [3.63, 3.8) is 0 Å². The number of ether oxygens (including phenoxy) is 2. The number of nitrogens with zero attached hydrogens (tertiary/aromatic N) is 5. The number of carbonyl (C=O) groups excluding carboxylic acids is 1. The van der Waals surface area contributed by atoms with Crippen molar-refractivity contribution in [1.29, 1.82) is 0 Å². The van der Waals surface area contributed by atoms with Crippen LogP contribution in [-0.2, 0) is 21.4 Å². The lowest BCUT2D eigenvalue weighted by molar-refractivity contribution is -0.142. The summed E-state index contributed by atoms with van der Waals surface area (Å²) in [6.07, 6.45) is -0.728. The van der Waals surface area contributed by atoms with Crippen molar-refractivity contribution in [2.75, 3.05) is 38.5 Å². The van der Waals surface area contributed by atoms with Gasteiger partial charge in [-0.25, -0.2) is 13.1 Å². The van der Waals surface area contributed by atoms with E-state index in [1.54, 1.807) is 21.7 Å². The number of para-hydroxylation sites is 3. The lowest BCUT2D eigenvalue weighted by atomic mass is 10.2. The summed E-state index contributed by atoms with van der Waals surface area (Å²) in [5, 5.41) is 8.11. The van der Waals surface area contributed by atoms with E-state index in [0.29, 0.717) is 24.6 Å². The quantitative estimate of drug-likeness (QED) is 0.556. The maximum Gasteiger partial charge on any atom is 0.267 e. The van der Waals surface area contributed by atoms with Crippen molar-refractivity contribution in [2.24, 2.45) is 0 Å². The lowest BCUT2D eigenvalue weighted by Crippen LogP contribution is -2.55. The molecule has 11 heteroatoms. The average Bonchev–Trinajstić information content (AvgIpc) is 3.25. The van der Waals surface area contributed by atoms with E-state index in [-0.39, 0.29) is 37.9 Å². The minimum atomic E-state index is -3.49. The highest BCUT2D eigenvalue weighted by atomic mass is 32.2. The van der Waals surface area contributed by atoms with Gasteiger partial charge < -0.3 is 14.4 Å². The predicted molar refractivity (Wildman–Crippen MR) is 116 cm³/mol. The Bertz CT molecular complexity index is 1240. The number of aryl methyl sites for hydroxylation is 1. The number of aromatic nitrogens is 3. The summed E-state index contributed by atoms with van der Waals surface area (Å²) in [6.45, 7) is 1.47. The van der Waals surface area contributed by atoms with Gasteiger partial charge in [0.05, 0.1) is 17.8 Å². The molecule has 0 bridgehead atoms. The van der Waals surface area contributed by atoms with Crippen molar-refractivity contribution in [2.45, 2.75) is 12.6 Å². The number of hydrogen-bond acceptors (Lipinski definition) is 7. The molecule has 10 nitrogen and oxygen atoms in total. The van der Waals surface area contributed by atoms with Crippen molar-refractivity contribution in [3.05, 3.63) is 48.5 Å². The number of hydrogen-bond donors (Lipinski definition) is 0. The molecular formula is C21H23N5O5S. The van der Waals surface area contributed by atoms with Gasteiger partial charge in [0.2, 0.25) is 16.1 Å². The van der Waals surface area contributed by atoms with Crippen LogP contribution in [0, 0.1) is 0 Å². The second kappa shape index (κ2) is 8.40. The van der Waals surface area contributed by atoms with Gasteiger partial charge in [-0.15, -0.1) is 5.10 Å². The number of fused-ring (bicyclic) bond motifs is 2. The maximum absolute atomic E-state index is 12.9. The van der Waals surface area contributed by atoms with Gasteiger partial charge in [0.15, 0.2) is 11.5 Å². The van der Waals surface area contributed by atoms with Crippen molar-refractivity contribution < 1.29 is 22.7 Å². The molecule has 1 fully saturated rings. The number of benzene rings is 2. The second-order valence-electron chi connectivity index (χ2n) is 7.71. The molecule has 168 valence electrons. The number of piperazine rings is 1. The summed E-state index contributed by atoms with van der Waals surface area (Å²) in [7, 11) is -3.49. The molecule has 1 saturated heterocycles. The Labute approximate surface area is 185 Å². The van der Waals surface area contributed by atoms with Crippen LogP contribution in [0.25, 0.3) is 11.0 Å². The first-order valence-corrected chi connectivity index (χ1v) is 12.1. The summed E-state index contributed by atoms with van der Waals surface area (Å²) in [5.41, 5.74) is 1.53. The molecule has 5 rings (SSSR count). The molecule has 2 aliphatic heterocycles. The molecule has 0 spiro atoms. The first-order chi connectivity index (χ1) is 15.5. The topological polar surface area (TPSA) is 107 Å². The van der Waals surface area contributed by atoms with Crippen molar-refractivity contribution in [3.8, 4) is 11.5 Å². The zero-order valence-corrected chi connectivity index (χ0v) is 18.1. The highest BCUT2D eigenvalue weighted by Crippen LogP contribution is 2.31. The van der Waals surface area contributed by atoms with Crippen LogP contribution in [0.1, 0.15) is 0 Å². The summed E-state index contributed by atoms with van der Waals surface area (Å²) in [4.78, 5) is 14.5. The van der Waals surface area contributed by atoms with E-state index in [1.807, 2.05) is 36.4 Å². The molecule has 3 heterocycles. The Morgan fingerprint density at radius 1 is 1.00 bits per heavy atom. The van der Waals surface area contributed by atoms with E-state index >= 15 is 0 Å². The molecule has 3 aromatic rings. The Balaban J connectivity index is 1.16. The van der Waals surface area contributed by atoms with E-state index in [9.17, 15) is 13.2 Å². The van der Waals surface area contributed by atoms with Gasteiger partial charge in [0.25, 0.3) is 5.91 Å². The minimum absolute atomic E-state index is 0.0787. The Morgan fingerprint density at radius 2 is 1.72 bits per heavy atom. The highest BCUT2D eigenvalue weighted by molar-refractivity contribution is 7.89. The van der Waals surface area contributed by atoms with E-state index in [0.717, 1.165) is 11.0 Å². The average molecular weight is 458 g/mol. The van der Waals surface area contributed by atoms with Gasteiger partial charge in [-0.2, -0.15) is 4.31 Å². The molecule has 1 aromatic heterocycles. The number of amides is 1. The molecule has 32 heavy (non-hydrogen) atoms. The third-order valence-corrected chi connectivity index (χ3v) is 7.56. The van der Waals surface area contributed by atoms with Crippen LogP contribution in [0.5, 0.6) is 11.5 Å². The Morgan fingerprint density at radius 3 is 2.53 bits per heavy atom. The summed E-state index contributed by atoms with van der Waals surface area (Å²) < 4.78 is 40.2. The molecule has 0 saturated carbocycles. The fourth-order valence-corrected chi connectivity index (χ4v) is 5.33. The zero-order valence-electron chi connectivity index (χ0n) is 17.3. The van der Waals surface area contributed by atoms with Crippen LogP contribution in [0.4, 0.5) is 0 Å². The predicted octanol–water partition coefficient (Wildman–Crippen LogP) is 0.745. The normalized spacial score (nSPS) is 19.2. The minimum Gasteiger partial charge on any atom is -0.485 e. The molecular weight excluding hydrogens is 434 g/mol.